The highest BCUT2D eigenvalue weighted by Gasteiger charge is 2.39. The number of rotatable bonds is 3. The van der Waals surface area contributed by atoms with Crippen molar-refractivity contribution in [2.75, 3.05) is 7.11 Å². The lowest BCUT2D eigenvalue weighted by molar-refractivity contribution is -0.386. The second kappa shape index (κ2) is 4.63. The van der Waals surface area contributed by atoms with E-state index in [0.29, 0.717) is 6.07 Å². The Kier molecular flexibility index (Phi) is 3.59. The zero-order chi connectivity index (χ0) is 14.1. The largest absolute Gasteiger partial charge is 0.490 e. The molecule has 0 aliphatic rings. The summed E-state index contributed by atoms with van der Waals surface area (Å²) in [5, 5.41) is 10.8. The number of methoxy groups -OCH3 is 1. The first-order chi connectivity index (χ1) is 8.20. The van der Waals surface area contributed by atoms with Crippen LogP contribution in [0.2, 0.25) is 0 Å². The Hall–Kier alpha value is -2.12. The molecule has 5 nitrogen and oxygen atoms in total. The number of halogens is 3. The minimum absolute atomic E-state index is 0.426. The molecule has 98 valence electrons. The zero-order valence-electron chi connectivity index (χ0n) is 9.37. The van der Waals surface area contributed by atoms with Crippen LogP contribution in [0.4, 0.5) is 18.9 Å². The fourth-order valence-electron chi connectivity index (χ4n) is 1.47. The highest BCUT2D eigenvalue weighted by molar-refractivity contribution is 5.99. The monoisotopic (exact) mass is 263 g/mol. The molecule has 0 fully saturated rings. The van der Waals surface area contributed by atoms with Gasteiger partial charge in [0.15, 0.2) is 5.78 Å². The molecule has 0 N–H and O–H groups in total. The molecular weight excluding hydrogens is 255 g/mol. The van der Waals surface area contributed by atoms with Crippen LogP contribution in [0.15, 0.2) is 12.1 Å². The third-order valence-corrected chi connectivity index (χ3v) is 2.20. The zero-order valence-corrected chi connectivity index (χ0v) is 9.37. The van der Waals surface area contributed by atoms with Gasteiger partial charge in [-0.15, -0.1) is 0 Å². The van der Waals surface area contributed by atoms with Crippen molar-refractivity contribution in [2.45, 2.75) is 13.1 Å². The third-order valence-electron chi connectivity index (χ3n) is 2.20. The standard InChI is InChI=1S/C10H8F3NO4/c1-5(15)6-3-4-7(10(11,12)13)9(18-2)8(6)14(16)17/h3-4H,1-2H3. The molecule has 0 saturated carbocycles. The van der Waals surface area contributed by atoms with Crippen LogP contribution in [0, 0.1) is 10.1 Å². The minimum atomic E-state index is -4.80. The molecule has 0 saturated heterocycles. The van der Waals surface area contributed by atoms with E-state index in [-0.39, 0.29) is 0 Å². The first-order valence-electron chi connectivity index (χ1n) is 4.63. The van der Waals surface area contributed by atoms with Crippen LogP contribution < -0.4 is 4.74 Å². The van der Waals surface area contributed by atoms with Gasteiger partial charge in [0.2, 0.25) is 5.75 Å². The average molecular weight is 263 g/mol. The van der Waals surface area contributed by atoms with Crippen LogP contribution in [-0.4, -0.2) is 17.8 Å². The number of ether oxygens (including phenoxy) is 1. The van der Waals surface area contributed by atoms with Crippen molar-refractivity contribution in [3.63, 3.8) is 0 Å². The lowest BCUT2D eigenvalue weighted by Crippen LogP contribution is -2.11. The highest BCUT2D eigenvalue weighted by Crippen LogP contribution is 2.43. The van der Waals surface area contributed by atoms with Crippen molar-refractivity contribution in [2.24, 2.45) is 0 Å². The van der Waals surface area contributed by atoms with Gasteiger partial charge >= 0.3 is 11.9 Å². The number of carbonyl (C=O) groups excluding carboxylic acids is 1. The van der Waals surface area contributed by atoms with E-state index in [9.17, 15) is 28.1 Å². The molecular formula is C10H8F3NO4. The van der Waals surface area contributed by atoms with Crippen molar-refractivity contribution in [3.05, 3.63) is 33.4 Å². The van der Waals surface area contributed by atoms with E-state index in [1.807, 2.05) is 0 Å². The van der Waals surface area contributed by atoms with Gasteiger partial charge in [0.1, 0.15) is 5.56 Å². The summed E-state index contributed by atoms with van der Waals surface area (Å²) < 4.78 is 42.3. The van der Waals surface area contributed by atoms with Crippen molar-refractivity contribution in [1.29, 1.82) is 0 Å². The van der Waals surface area contributed by atoms with Gasteiger partial charge in [-0.3, -0.25) is 14.9 Å². The minimum Gasteiger partial charge on any atom is -0.490 e. The van der Waals surface area contributed by atoms with Gasteiger partial charge < -0.3 is 4.74 Å². The number of benzene rings is 1. The SMILES string of the molecule is COc1c(C(F)(F)F)ccc(C(C)=O)c1[N+](=O)[O-]. The average Bonchev–Trinajstić information content (AvgIpc) is 2.25. The number of nitrogens with zero attached hydrogens (tertiary/aromatic N) is 1. The molecule has 1 aromatic rings. The maximum Gasteiger partial charge on any atom is 0.420 e. The summed E-state index contributed by atoms with van der Waals surface area (Å²) in [6, 6.07) is 1.36. The predicted molar refractivity (Wildman–Crippen MR) is 54.7 cm³/mol. The van der Waals surface area contributed by atoms with Crippen LogP contribution in [0.3, 0.4) is 0 Å². The van der Waals surface area contributed by atoms with Crippen molar-refractivity contribution in [1.82, 2.24) is 0 Å². The normalized spacial score (nSPS) is 11.2. The molecule has 1 aromatic carbocycles. The molecule has 0 aliphatic heterocycles. The van der Waals surface area contributed by atoms with Gasteiger partial charge in [-0.2, -0.15) is 13.2 Å². The van der Waals surface area contributed by atoms with E-state index in [0.717, 1.165) is 20.1 Å². The van der Waals surface area contributed by atoms with Crippen LogP contribution in [-0.2, 0) is 6.18 Å². The number of Topliss-reactive ketones (excluding diaryl/α,β-unsaturated/α-hetero) is 1. The first-order valence-corrected chi connectivity index (χ1v) is 4.63. The first kappa shape index (κ1) is 13.9. The summed E-state index contributed by atoms with van der Waals surface area (Å²) in [5.74, 6) is -1.67. The fraction of sp³-hybridized carbons (Fsp3) is 0.300. The number of carbonyl (C=O) groups is 1. The summed E-state index contributed by atoms with van der Waals surface area (Å²) in [5.41, 5.74) is -2.69. The fourth-order valence-corrected chi connectivity index (χ4v) is 1.47. The molecule has 1 rings (SSSR count). The van der Waals surface area contributed by atoms with E-state index in [1.165, 1.54) is 0 Å². The molecule has 0 bridgehead atoms. The summed E-state index contributed by atoms with van der Waals surface area (Å²) in [4.78, 5) is 20.9. The number of alkyl halides is 3. The predicted octanol–water partition coefficient (Wildman–Crippen LogP) is 2.82. The number of hydrogen-bond donors (Lipinski definition) is 0. The van der Waals surface area contributed by atoms with Gasteiger partial charge in [-0.25, -0.2) is 0 Å². The summed E-state index contributed by atoms with van der Waals surface area (Å²) >= 11 is 0. The summed E-state index contributed by atoms with van der Waals surface area (Å²) in [6.07, 6.45) is -4.80. The van der Waals surface area contributed by atoms with Crippen molar-refractivity contribution >= 4 is 11.5 Å². The Morgan fingerprint density at radius 3 is 2.28 bits per heavy atom. The van der Waals surface area contributed by atoms with Crippen molar-refractivity contribution in [3.8, 4) is 5.75 Å². The Bertz CT molecular complexity index is 511. The number of nitro benzene ring substituents is 1. The second-order valence-corrected chi connectivity index (χ2v) is 3.35. The van der Waals surface area contributed by atoms with E-state index < -0.39 is 39.4 Å². The molecule has 0 aromatic heterocycles. The van der Waals surface area contributed by atoms with E-state index >= 15 is 0 Å². The van der Waals surface area contributed by atoms with Crippen LogP contribution in [0.5, 0.6) is 5.75 Å². The maximum atomic E-state index is 12.6. The lowest BCUT2D eigenvalue weighted by Gasteiger charge is -2.13. The van der Waals surface area contributed by atoms with Gasteiger partial charge in [0.25, 0.3) is 0 Å². The molecule has 0 heterocycles. The van der Waals surface area contributed by atoms with Crippen LogP contribution in [0.25, 0.3) is 0 Å². The maximum absolute atomic E-state index is 12.6. The van der Waals surface area contributed by atoms with Crippen LogP contribution >= 0.6 is 0 Å². The Labute approximate surface area is 99.3 Å². The van der Waals surface area contributed by atoms with Crippen LogP contribution in [0.1, 0.15) is 22.8 Å². The lowest BCUT2D eigenvalue weighted by atomic mass is 10.0. The van der Waals surface area contributed by atoms with Gasteiger partial charge in [-0.05, 0) is 19.1 Å². The Morgan fingerprint density at radius 2 is 1.94 bits per heavy atom. The summed E-state index contributed by atoms with van der Waals surface area (Å²) in [6.45, 7) is 1.02. The quantitative estimate of drug-likeness (QED) is 0.477. The Morgan fingerprint density at radius 1 is 1.39 bits per heavy atom. The molecule has 0 atom stereocenters. The second-order valence-electron chi connectivity index (χ2n) is 3.35. The molecule has 18 heavy (non-hydrogen) atoms. The number of nitro groups is 1. The highest BCUT2D eigenvalue weighted by atomic mass is 19.4. The molecule has 0 unspecified atom stereocenters. The van der Waals surface area contributed by atoms with Crippen molar-refractivity contribution < 1.29 is 27.6 Å². The number of hydrogen-bond acceptors (Lipinski definition) is 4. The van der Waals surface area contributed by atoms with E-state index in [1.54, 1.807) is 0 Å². The Balaban J connectivity index is 3.69. The summed E-state index contributed by atoms with van der Waals surface area (Å²) in [7, 11) is 0.876. The van der Waals surface area contributed by atoms with Gasteiger partial charge in [-0.1, -0.05) is 0 Å². The molecule has 8 heteroatoms. The number of ketones is 1. The smallest absolute Gasteiger partial charge is 0.420 e. The molecule has 0 radical (unpaired) electrons. The van der Waals surface area contributed by atoms with Gasteiger partial charge in [0, 0.05) is 0 Å². The molecule has 0 amide bonds. The molecule has 0 spiro atoms. The van der Waals surface area contributed by atoms with Gasteiger partial charge in [0.05, 0.1) is 17.6 Å². The van der Waals surface area contributed by atoms with E-state index in [2.05, 4.69) is 4.74 Å². The third kappa shape index (κ3) is 2.41. The molecule has 0 aliphatic carbocycles. The van der Waals surface area contributed by atoms with E-state index in [4.69, 9.17) is 0 Å². The topological polar surface area (TPSA) is 69.4 Å².